The quantitative estimate of drug-likeness (QED) is 0.0312. The third-order valence-electron chi connectivity index (χ3n) is 9.17. The number of aromatic nitrogens is 4. The molecule has 0 amide bonds. The molecule has 0 unspecified atom stereocenters. The predicted molar refractivity (Wildman–Crippen MR) is 246 cm³/mol. The van der Waals surface area contributed by atoms with Crippen LogP contribution in [0.15, 0.2) is 127 Å². The van der Waals surface area contributed by atoms with Gasteiger partial charge in [0.15, 0.2) is 11.4 Å². The first-order valence-corrected chi connectivity index (χ1v) is 23.7. The van der Waals surface area contributed by atoms with Crippen molar-refractivity contribution in [1.29, 1.82) is 0 Å². The molecule has 6 aromatic rings. The molecule has 0 atom stereocenters. The maximum absolute atomic E-state index is 12.6. The van der Waals surface area contributed by atoms with Gasteiger partial charge in [0.1, 0.15) is 22.9 Å². The van der Waals surface area contributed by atoms with Crippen molar-refractivity contribution < 1.29 is 63.5 Å². The minimum atomic E-state index is -3.82. The number of benzene rings is 4. The molecule has 1 radical (unpaired) electrons. The van der Waals surface area contributed by atoms with Gasteiger partial charge < -0.3 is 29.9 Å². The standard InChI is InChI=1S/2C22H27N5O5S.Co/c2*1-15(2)32-13-7-12-23-33(30,31)18-10-11-20(28)19(14-18)24-25-21-16(3)26-27(22(21)29)17-8-5-4-6-9-17;/h2*4-6,8-11,14-15,23,28-29H,7,12-13H2,1-3H3;. The zero-order chi connectivity index (χ0) is 48.0. The molecule has 67 heavy (non-hydrogen) atoms. The van der Waals surface area contributed by atoms with Crippen LogP contribution < -0.4 is 9.44 Å². The number of aromatic hydroxyl groups is 4. The second-order valence-electron chi connectivity index (χ2n) is 15.1. The Morgan fingerprint density at radius 2 is 0.925 bits per heavy atom. The van der Waals surface area contributed by atoms with Crippen LogP contribution in [0.2, 0.25) is 0 Å². The summed E-state index contributed by atoms with van der Waals surface area (Å²) in [5.41, 5.74) is 2.19. The minimum absolute atomic E-state index is 0. The number of phenolic OH excluding ortho intramolecular Hbond substituents is 2. The summed E-state index contributed by atoms with van der Waals surface area (Å²) >= 11 is 0. The molecule has 20 nitrogen and oxygen atoms in total. The Bertz CT molecular complexity index is 2650. The molecular formula is C44H54CoN10O10S2. The van der Waals surface area contributed by atoms with Crippen LogP contribution in [0, 0.1) is 13.8 Å². The maximum Gasteiger partial charge on any atom is 0.243 e. The molecule has 0 bridgehead atoms. The molecule has 6 N–H and O–H groups in total. The maximum atomic E-state index is 12.6. The number of para-hydroxylation sites is 2. The topological polar surface area (TPSA) is 277 Å². The number of sulfonamides is 2. The molecule has 361 valence electrons. The zero-order valence-corrected chi connectivity index (χ0v) is 40.3. The van der Waals surface area contributed by atoms with Crippen LogP contribution in [0.4, 0.5) is 22.7 Å². The molecule has 0 spiro atoms. The van der Waals surface area contributed by atoms with E-state index in [1.54, 1.807) is 38.1 Å². The van der Waals surface area contributed by atoms with Gasteiger partial charge in [0, 0.05) is 43.1 Å². The molecule has 4 aromatic carbocycles. The fourth-order valence-corrected chi connectivity index (χ4v) is 8.00. The summed E-state index contributed by atoms with van der Waals surface area (Å²) in [6, 6.07) is 25.4. The number of ether oxygens (including phenoxy) is 2. The van der Waals surface area contributed by atoms with Crippen LogP contribution in [0.3, 0.4) is 0 Å². The van der Waals surface area contributed by atoms with E-state index in [0.717, 1.165) is 0 Å². The summed E-state index contributed by atoms with van der Waals surface area (Å²) in [4.78, 5) is -0.139. The van der Waals surface area contributed by atoms with Gasteiger partial charge in [0.25, 0.3) is 0 Å². The average molecular weight is 1010 g/mol. The van der Waals surface area contributed by atoms with Crippen molar-refractivity contribution in [2.45, 2.75) is 76.4 Å². The van der Waals surface area contributed by atoms with Crippen molar-refractivity contribution in [3.05, 3.63) is 108 Å². The van der Waals surface area contributed by atoms with Crippen LogP contribution in [0.25, 0.3) is 11.4 Å². The first kappa shape index (κ1) is 53.6. The molecule has 0 aliphatic heterocycles. The molecule has 2 heterocycles. The number of hydrogen-bond donors (Lipinski definition) is 6. The fraction of sp³-hybridized carbons (Fsp3) is 0.318. The molecule has 0 aliphatic carbocycles. The van der Waals surface area contributed by atoms with Crippen LogP contribution in [-0.4, -0.2) is 95.3 Å². The Hall–Kier alpha value is -6.05. The number of hydrogen-bond acceptors (Lipinski definition) is 16. The molecule has 0 saturated carbocycles. The normalized spacial score (nSPS) is 11.9. The molecule has 0 saturated heterocycles. The summed E-state index contributed by atoms with van der Waals surface area (Å²) in [6.45, 7) is 12.2. The van der Waals surface area contributed by atoms with E-state index in [-0.39, 0.29) is 97.9 Å². The molecule has 0 fully saturated rings. The van der Waals surface area contributed by atoms with Crippen molar-refractivity contribution in [3.63, 3.8) is 0 Å². The third-order valence-corrected chi connectivity index (χ3v) is 12.1. The number of aryl methyl sites for hydroxylation is 2. The van der Waals surface area contributed by atoms with E-state index in [1.165, 1.54) is 45.8 Å². The summed E-state index contributed by atoms with van der Waals surface area (Å²) in [5, 5.41) is 65.8. The Morgan fingerprint density at radius 1 is 0.567 bits per heavy atom. The molecule has 2 aromatic heterocycles. The number of nitrogens with zero attached hydrogens (tertiary/aromatic N) is 8. The average Bonchev–Trinajstić information content (AvgIpc) is 3.74. The van der Waals surface area contributed by atoms with Crippen LogP contribution in [0.1, 0.15) is 51.9 Å². The first-order chi connectivity index (χ1) is 31.4. The molecule has 0 aliphatic rings. The zero-order valence-electron chi connectivity index (χ0n) is 37.6. The van der Waals surface area contributed by atoms with Gasteiger partial charge in [0.2, 0.25) is 31.8 Å². The number of nitrogens with one attached hydrogen (secondary N) is 2. The third kappa shape index (κ3) is 15.0. The fourth-order valence-electron chi connectivity index (χ4n) is 5.82. The van der Waals surface area contributed by atoms with Crippen molar-refractivity contribution in [2.75, 3.05) is 26.3 Å². The van der Waals surface area contributed by atoms with Gasteiger partial charge in [-0.15, -0.1) is 20.5 Å². The van der Waals surface area contributed by atoms with Gasteiger partial charge in [-0.1, -0.05) is 36.4 Å². The summed E-state index contributed by atoms with van der Waals surface area (Å²) in [6.07, 6.45) is 1.20. The van der Waals surface area contributed by atoms with Crippen LogP contribution in [0.5, 0.6) is 23.3 Å². The summed E-state index contributed by atoms with van der Waals surface area (Å²) < 4.78 is 68.7. The van der Waals surface area contributed by atoms with Crippen LogP contribution >= 0.6 is 0 Å². The second kappa shape index (κ2) is 24.6. The molecule has 6 rings (SSSR count). The van der Waals surface area contributed by atoms with Crippen molar-refractivity contribution in [3.8, 4) is 34.6 Å². The van der Waals surface area contributed by atoms with Crippen molar-refractivity contribution >= 4 is 42.8 Å². The largest absolute Gasteiger partial charge is 0.506 e. The first-order valence-electron chi connectivity index (χ1n) is 20.8. The van der Waals surface area contributed by atoms with Gasteiger partial charge in [-0.3, -0.25) is 0 Å². The van der Waals surface area contributed by atoms with Gasteiger partial charge in [0.05, 0.1) is 44.8 Å². The smallest absolute Gasteiger partial charge is 0.243 e. The number of phenols is 2. The summed E-state index contributed by atoms with van der Waals surface area (Å²) in [7, 11) is -7.63. The second-order valence-corrected chi connectivity index (χ2v) is 18.6. The molecular weight excluding hydrogens is 952 g/mol. The van der Waals surface area contributed by atoms with E-state index in [1.807, 2.05) is 64.1 Å². The van der Waals surface area contributed by atoms with Gasteiger partial charge >= 0.3 is 0 Å². The van der Waals surface area contributed by atoms with E-state index in [0.29, 0.717) is 48.8 Å². The van der Waals surface area contributed by atoms with E-state index in [4.69, 9.17) is 9.47 Å². The van der Waals surface area contributed by atoms with Crippen molar-refractivity contribution in [1.82, 2.24) is 29.0 Å². The monoisotopic (exact) mass is 1010 g/mol. The SMILES string of the molecule is Cc1nn(-c2ccccc2)c(O)c1N=Nc1cc(S(=O)(=O)NCCCOC(C)C)ccc1O.Cc1nn(-c2ccccc2)c(O)c1N=Nc1cc(S(=O)(=O)NCCCOC(C)C)ccc1O.[Co]. The summed E-state index contributed by atoms with van der Waals surface area (Å²) in [5.74, 6) is -0.960. The van der Waals surface area contributed by atoms with Gasteiger partial charge in [-0.2, -0.15) is 19.6 Å². The molecule has 23 heteroatoms. The number of azo groups is 2. The van der Waals surface area contributed by atoms with E-state index in [9.17, 15) is 37.3 Å². The van der Waals surface area contributed by atoms with Gasteiger partial charge in [-0.05, 0) is 115 Å². The number of rotatable bonds is 20. The van der Waals surface area contributed by atoms with E-state index in [2.05, 4.69) is 40.1 Å². The van der Waals surface area contributed by atoms with E-state index < -0.39 is 20.0 Å². The van der Waals surface area contributed by atoms with Crippen molar-refractivity contribution in [2.24, 2.45) is 20.5 Å². The Morgan fingerprint density at radius 3 is 1.27 bits per heavy atom. The van der Waals surface area contributed by atoms with Gasteiger partial charge in [-0.25, -0.2) is 26.3 Å². The Balaban J connectivity index is 0.000000288. The van der Waals surface area contributed by atoms with Crippen LogP contribution in [-0.2, 0) is 46.3 Å². The Kier molecular flexibility index (Phi) is 19.7. The van der Waals surface area contributed by atoms with E-state index >= 15 is 0 Å². The minimum Gasteiger partial charge on any atom is -0.506 e. The predicted octanol–water partition coefficient (Wildman–Crippen LogP) is 8.20. The Labute approximate surface area is 399 Å².